The average Bonchev–Trinajstić information content (AvgIpc) is 2.42. The molecular formula is C14H21BrN2S. The number of nitrogens with one attached hydrogen (secondary N) is 1. The van der Waals surface area contributed by atoms with Crippen molar-refractivity contribution in [2.24, 2.45) is 0 Å². The molecule has 1 unspecified atom stereocenters. The number of hydrogen-bond donors (Lipinski definition) is 1. The second-order valence-electron chi connectivity index (χ2n) is 4.61. The molecule has 1 aliphatic heterocycles. The third kappa shape index (κ3) is 3.98. The molecule has 2 rings (SSSR count). The van der Waals surface area contributed by atoms with E-state index in [9.17, 15) is 0 Å². The number of thioether (sulfide) groups is 1. The molecule has 1 aromatic carbocycles. The summed E-state index contributed by atoms with van der Waals surface area (Å²) in [7, 11) is 2.05. The third-order valence-corrected chi connectivity index (χ3v) is 5.13. The van der Waals surface area contributed by atoms with E-state index in [-0.39, 0.29) is 0 Å². The maximum Gasteiger partial charge on any atom is 0.0340 e. The van der Waals surface area contributed by atoms with Crippen LogP contribution in [0.5, 0.6) is 0 Å². The van der Waals surface area contributed by atoms with Crippen LogP contribution in [0.15, 0.2) is 28.7 Å². The number of benzene rings is 1. The first-order valence-electron chi connectivity index (χ1n) is 6.53. The van der Waals surface area contributed by atoms with E-state index in [0.29, 0.717) is 6.04 Å². The molecule has 0 saturated carbocycles. The van der Waals surface area contributed by atoms with Crippen LogP contribution in [0.25, 0.3) is 0 Å². The predicted octanol–water partition coefficient (Wildman–Crippen LogP) is 3.15. The lowest BCUT2D eigenvalue weighted by Crippen LogP contribution is -2.35. The van der Waals surface area contributed by atoms with Crippen molar-refractivity contribution in [1.29, 1.82) is 0 Å². The van der Waals surface area contributed by atoms with Crippen LogP contribution in [0.2, 0.25) is 0 Å². The summed E-state index contributed by atoms with van der Waals surface area (Å²) in [6, 6.07) is 8.95. The molecule has 0 aliphatic carbocycles. The Kier molecular flexibility index (Phi) is 6.02. The van der Waals surface area contributed by atoms with Gasteiger partial charge in [0.25, 0.3) is 0 Å². The van der Waals surface area contributed by atoms with Gasteiger partial charge in [0.05, 0.1) is 0 Å². The highest BCUT2D eigenvalue weighted by Gasteiger charge is 2.15. The summed E-state index contributed by atoms with van der Waals surface area (Å²) in [5.74, 6) is 2.58. The van der Waals surface area contributed by atoms with Crippen molar-refractivity contribution < 1.29 is 0 Å². The quantitative estimate of drug-likeness (QED) is 0.893. The standard InChI is InChI=1S/C14H21BrN2S/c1-16-14(12-4-2-3-5-13(12)15)6-7-17-8-10-18-11-9-17/h2-5,14,16H,6-11H2,1H3. The number of rotatable bonds is 5. The van der Waals surface area contributed by atoms with Crippen LogP contribution in [0.4, 0.5) is 0 Å². The van der Waals surface area contributed by atoms with E-state index in [1.165, 1.54) is 47.6 Å². The van der Waals surface area contributed by atoms with Crippen molar-refractivity contribution in [2.45, 2.75) is 12.5 Å². The number of halogens is 1. The van der Waals surface area contributed by atoms with E-state index in [1.807, 2.05) is 0 Å². The van der Waals surface area contributed by atoms with Gasteiger partial charge in [-0.15, -0.1) is 0 Å². The van der Waals surface area contributed by atoms with Gasteiger partial charge >= 0.3 is 0 Å². The second-order valence-corrected chi connectivity index (χ2v) is 6.68. The zero-order valence-corrected chi connectivity index (χ0v) is 13.3. The fourth-order valence-electron chi connectivity index (χ4n) is 2.35. The van der Waals surface area contributed by atoms with Gasteiger partial charge in [-0.1, -0.05) is 34.1 Å². The maximum atomic E-state index is 3.65. The Bertz CT molecular complexity index is 367. The van der Waals surface area contributed by atoms with Gasteiger partial charge in [0, 0.05) is 41.7 Å². The molecule has 0 aromatic heterocycles. The Morgan fingerprint density at radius 3 is 2.72 bits per heavy atom. The molecule has 0 spiro atoms. The summed E-state index contributed by atoms with van der Waals surface area (Å²) in [5.41, 5.74) is 1.37. The van der Waals surface area contributed by atoms with Crippen LogP contribution in [-0.2, 0) is 0 Å². The molecule has 1 saturated heterocycles. The molecule has 0 amide bonds. The first kappa shape index (κ1) is 14.4. The molecule has 100 valence electrons. The Morgan fingerprint density at radius 1 is 1.33 bits per heavy atom. The van der Waals surface area contributed by atoms with Crippen LogP contribution in [0.1, 0.15) is 18.0 Å². The molecule has 2 nitrogen and oxygen atoms in total. The monoisotopic (exact) mass is 328 g/mol. The summed E-state index contributed by atoms with van der Waals surface area (Å²) in [5, 5.41) is 3.44. The Morgan fingerprint density at radius 2 is 2.06 bits per heavy atom. The molecule has 0 radical (unpaired) electrons. The van der Waals surface area contributed by atoms with Crippen LogP contribution < -0.4 is 5.32 Å². The smallest absolute Gasteiger partial charge is 0.0340 e. The van der Waals surface area contributed by atoms with Gasteiger partial charge in [0.2, 0.25) is 0 Å². The SMILES string of the molecule is CNC(CCN1CCSCC1)c1ccccc1Br. The van der Waals surface area contributed by atoms with Gasteiger partial charge in [0.1, 0.15) is 0 Å². The minimum Gasteiger partial charge on any atom is -0.313 e. The van der Waals surface area contributed by atoms with Gasteiger partial charge in [-0.05, 0) is 25.1 Å². The normalized spacial score (nSPS) is 18.8. The third-order valence-electron chi connectivity index (χ3n) is 3.47. The summed E-state index contributed by atoms with van der Waals surface area (Å²) in [6.07, 6.45) is 1.17. The first-order valence-corrected chi connectivity index (χ1v) is 8.48. The molecule has 0 bridgehead atoms. The lowest BCUT2D eigenvalue weighted by atomic mass is 10.0. The lowest BCUT2D eigenvalue weighted by molar-refractivity contribution is 0.283. The Labute approximate surface area is 123 Å². The maximum absolute atomic E-state index is 3.65. The van der Waals surface area contributed by atoms with Crippen LogP contribution in [0, 0.1) is 0 Å². The van der Waals surface area contributed by atoms with Crippen molar-refractivity contribution in [3.63, 3.8) is 0 Å². The molecule has 1 aromatic rings. The Hall–Kier alpha value is -0.0300. The zero-order valence-electron chi connectivity index (χ0n) is 10.9. The first-order chi connectivity index (χ1) is 8.81. The Balaban J connectivity index is 1.91. The van der Waals surface area contributed by atoms with E-state index in [0.717, 1.165) is 0 Å². The van der Waals surface area contributed by atoms with E-state index in [4.69, 9.17) is 0 Å². The van der Waals surface area contributed by atoms with Crippen molar-refractivity contribution >= 4 is 27.7 Å². The molecule has 1 fully saturated rings. The summed E-state index contributed by atoms with van der Waals surface area (Å²) in [6.45, 7) is 3.68. The van der Waals surface area contributed by atoms with Crippen molar-refractivity contribution in [1.82, 2.24) is 10.2 Å². The predicted molar refractivity (Wildman–Crippen MR) is 84.3 cm³/mol. The highest BCUT2D eigenvalue weighted by Crippen LogP contribution is 2.25. The number of hydrogen-bond acceptors (Lipinski definition) is 3. The van der Waals surface area contributed by atoms with Crippen LogP contribution >= 0.6 is 27.7 Å². The second kappa shape index (κ2) is 7.53. The fraction of sp³-hybridized carbons (Fsp3) is 0.571. The van der Waals surface area contributed by atoms with Gasteiger partial charge in [-0.2, -0.15) is 11.8 Å². The van der Waals surface area contributed by atoms with Gasteiger partial charge in [0.15, 0.2) is 0 Å². The van der Waals surface area contributed by atoms with E-state index >= 15 is 0 Å². The van der Waals surface area contributed by atoms with Crippen molar-refractivity contribution in [2.75, 3.05) is 38.2 Å². The summed E-state index contributed by atoms with van der Waals surface area (Å²) >= 11 is 5.72. The molecule has 18 heavy (non-hydrogen) atoms. The van der Waals surface area contributed by atoms with Crippen molar-refractivity contribution in [3.05, 3.63) is 34.3 Å². The minimum atomic E-state index is 0.440. The van der Waals surface area contributed by atoms with E-state index in [1.54, 1.807) is 0 Å². The summed E-state index contributed by atoms with van der Waals surface area (Å²) in [4.78, 5) is 2.58. The molecule has 1 aliphatic rings. The average molecular weight is 329 g/mol. The topological polar surface area (TPSA) is 15.3 Å². The number of nitrogens with zero attached hydrogens (tertiary/aromatic N) is 1. The molecule has 4 heteroatoms. The van der Waals surface area contributed by atoms with Gasteiger partial charge < -0.3 is 10.2 Å². The molecular weight excluding hydrogens is 308 g/mol. The highest BCUT2D eigenvalue weighted by atomic mass is 79.9. The van der Waals surface area contributed by atoms with Crippen LogP contribution in [-0.4, -0.2) is 43.1 Å². The van der Waals surface area contributed by atoms with E-state index in [2.05, 4.69) is 69.2 Å². The van der Waals surface area contributed by atoms with Gasteiger partial charge in [-0.3, -0.25) is 0 Å². The zero-order chi connectivity index (χ0) is 12.8. The molecule has 1 atom stereocenters. The molecule has 1 N–H and O–H groups in total. The highest BCUT2D eigenvalue weighted by molar-refractivity contribution is 9.10. The molecule has 1 heterocycles. The van der Waals surface area contributed by atoms with E-state index < -0.39 is 0 Å². The van der Waals surface area contributed by atoms with Crippen LogP contribution in [0.3, 0.4) is 0 Å². The lowest BCUT2D eigenvalue weighted by Gasteiger charge is -2.28. The summed E-state index contributed by atoms with van der Waals surface area (Å²) < 4.78 is 1.21. The van der Waals surface area contributed by atoms with Gasteiger partial charge in [-0.25, -0.2) is 0 Å². The van der Waals surface area contributed by atoms with Crippen molar-refractivity contribution in [3.8, 4) is 0 Å². The minimum absolute atomic E-state index is 0.440. The fourth-order valence-corrected chi connectivity index (χ4v) is 3.89. The largest absolute Gasteiger partial charge is 0.313 e.